The third-order valence-corrected chi connectivity index (χ3v) is 3.53. The molecule has 0 unspecified atom stereocenters. The van der Waals surface area contributed by atoms with Crippen LogP contribution in [-0.4, -0.2) is 36.8 Å². The number of rotatable bonds is 4. The molecule has 0 aliphatic rings. The van der Waals surface area contributed by atoms with Gasteiger partial charge >= 0.3 is 0 Å². The van der Waals surface area contributed by atoms with Gasteiger partial charge in [-0.25, -0.2) is 9.50 Å². The van der Waals surface area contributed by atoms with Crippen molar-refractivity contribution in [1.29, 1.82) is 0 Å². The first-order valence-corrected chi connectivity index (χ1v) is 7.31. The monoisotopic (exact) mass is 298 g/mol. The molecule has 0 aliphatic carbocycles. The van der Waals surface area contributed by atoms with Gasteiger partial charge in [0.1, 0.15) is 5.56 Å². The lowest BCUT2D eigenvalue weighted by Crippen LogP contribution is -2.22. The van der Waals surface area contributed by atoms with E-state index in [1.807, 2.05) is 37.7 Å². The van der Waals surface area contributed by atoms with Crippen LogP contribution < -0.4 is 5.32 Å². The predicted octanol–water partition coefficient (Wildman–Crippen LogP) is 1.67. The molecule has 1 N–H and O–H groups in total. The van der Waals surface area contributed by atoms with E-state index in [-0.39, 0.29) is 5.91 Å². The molecule has 0 aromatic carbocycles. The molecule has 3 aromatic heterocycles. The van der Waals surface area contributed by atoms with E-state index >= 15 is 0 Å². The number of aromatic nitrogens is 5. The van der Waals surface area contributed by atoms with E-state index in [4.69, 9.17) is 0 Å². The van der Waals surface area contributed by atoms with E-state index in [0.717, 1.165) is 23.5 Å². The Kier molecular flexibility index (Phi) is 3.62. The zero-order valence-corrected chi connectivity index (χ0v) is 12.9. The third-order valence-electron chi connectivity index (χ3n) is 3.53. The number of nitrogens with zero attached hydrogens (tertiary/aromatic N) is 5. The molecule has 0 bridgehead atoms. The van der Waals surface area contributed by atoms with Crippen LogP contribution in [-0.2, 0) is 6.54 Å². The quantitative estimate of drug-likeness (QED) is 0.795. The first kappa shape index (κ1) is 14.2. The highest BCUT2D eigenvalue weighted by molar-refractivity contribution is 5.99. The van der Waals surface area contributed by atoms with Crippen LogP contribution in [0.1, 0.15) is 29.9 Å². The number of hydrogen-bond donors (Lipinski definition) is 1. The van der Waals surface area contributed by atoms with Gasteiger partial charge in [0.25, 0.3) is 5.91 Å². The summed E-state index contributed by atoms with van der Waals surface area (Å²) in [6.07, 6.45) is 5.23. The van der Waals surface area contributed by atoms with Gasteiger partial charge in [-0.15, -0.1) is 0 Å². The summed E-state index contributed by atoms with van der Waals surface area (Å²) >= 11 is 0. The fourth-order valence-corrected chi connectivity index (χ4v) is 2.44. The zero-order valence-electron chi connectivity index (χ0n) is 12.9. The molecule has 0 spiro atoms. The van der Waals surface area contributed by atoms with Gasteiger partial charge in [-0.05, 0) is 26.8 Å². The largest absolute Gasteiger partial charge is 0.352 e. The molecule has 3 aromatic rings. The van der Waals surface area contributed by atoms with Crippen LogP contribution in [0.15, 0.2) is 24.7 Å². The van der Waals surface area contributed by atoms with Crippen molar-refractivity contribution < 1.29 is 4.79 Å². The maximum atomic E-state index is 12.1. The van der Waals surface area contributed by atoms with Crippen LogP contribution in [0.4, 0.5) is 0 Å². The lowest BCUT2D eigenvalue weighted by molar-refractivity contribution is 0.0957. The van der Waals surface area contributed by atoms with Gasteiger partial charge in [0.05, 0.1) is 17.6 Å². The summed E-state index contributed by atoms with van der Waals surface area (Å²) in [5.41, 5.74) is 3.80. The standard InChI is InChI=1S/C15H18N6O/c1-4-16-15(22)11-8-18-21-13(6-7-17-14(11)21)12-9-20(5-2)19-10(12)3/h6-9H,4-5H2,1-3H3,(H,16,22). The Bertz CT molecular complexity index is 832. The van der Waals surface area contributed by atoms with Crippen LogP contribution in [0.5, 0.6) is 0 Å². The number of carbonyl (C=O) groups excluding carboxylic acids is 1. The summed E-state index contributed by atoms with van der Waals surface area (Å²) in [5.74, 6) is -0.164. The van der Waals surface area contributed by atoms with Crippen LogP contribution in [0.2, 0.25) is 0 Å². The van der Waals surface area contributed by atoms with Crippen molar-refractivity contribution in [3.63, 3.8) is 0 Å². The van der Waals surface area contributed by atoms with Gasteiger partial charge in [0.15, 0.2) is 5.65 Å². The molecule has 114 valence electrons. The molecule has 0 fully saturated rings. The highest BCUT2D eigenvalue weighted by Crippen LogP contribution is 2.23. The van der Waals surface area contributed by atoms with Crippen LogP contribution in [0, 0.1) is 6.92 Å². The average molecular weight is 298 g/mol. The summed E-state index contributed by atoms with van der Waals surface area (Å²) in [6.45, 7) is 7.25. The summed E-state index contributed by atoms with van der Waals surface area (Å²) in [6, 6.07) is 1.88. The molecule has 3 heterocycles. The van der Waals surface area contributed by atoms with Crippen molar-refractivity contribution in [3.8, 4) is 11.3 Å². The van der Waals surface area contributed by atoms with E-state index in [1.165, 1.54) is 0 Å². The molecular formula is C15H18N6O. The summed E-state index contributed by atoms with van der Waals surface area (Å²) in [5, 5.41) is 11.6. The van der Waals surface area contributed by atoms with Crippen molar-refractivity contribution in [2.45, 2.75) is 27.3 Å². The van der Waals surface area contributed by atoms with Crippen LogP contribution in [0.3, 0.4) is 0 Å². The number of aryl methyl sites for hydroxylation is 2. The Morgan fingerprint density at radius 3 is 2.86 bits per heavy atom. The topological polar surface area (TPSA) is 77.1 Å². The molecule has 7 nitrogen and oxygen atoms in total. The number of nitrogens with one attached hydrogen (secondary N) is 1. The Balaban J connectivity index is 2.15. The molecule has 0 atom stereocenters. The zero-order chi connectivity index (χ0) is 15.7. The lowest BCUT2D eigenvalue weighted by atomic mass is 10.2. The Morgan fingerprint density at radius 2 is 2.18 bits per heavy atom. The normalized spacial score (nSPS) is 11.0. The minimum Gasteiger partial charge on any atom is -0.352 e. The second-order valence-corrected chi connectivity index (χ2v) is 4.97. The Hall–Kier alpha value is -2.70. The van der Waals surface area contributed by atoms with Gasteiger partial charge in [-0.2, -0.15) is 10.2 Å². The number of fused-ring (bicyclic) bond motifs is 1. The summed E-state index contributed by atoms with van der Waals surface area (Å²) in [4.78, 5) is 16.4. The first-order valence-electron chi connectivity index (χ1n) is 7.31. The van der Waals surface area contributed by atoms with E-state index in [9.17, 15) is 4.79 Å². The molecule has 0 radical (unpaired) electrons. The van der Waals surface area contributed by atoms with Crippen molar-refractivity contribution in [1.82, 2.24) is 29.7 Å². The summed E-state index contributed by atoms with van der Waals surface area (Å²) < 4.78 is 3.57. The molecule has 0 aliphatic heterocycles. The van der Waals surface area contributed by atoms with Crippen LogP contribution in [0.25, 0.3) is 16.9 Å². The third kappa shape index (κ3) is 2.24. The fourth-order valence-electron chi connectivity index (χ4n) is 2.44. The van der Waals surface area contributed by atoms with Crippen molar-refractivity contribution >= 4 is 11.6 Å². The second-order valence-electron chi connectivity index (χ2n) is 4.97. The van der Waals surface area contributed by atoms with Crippen molar-refractivity contribution in [2.75, 3.05) is 6.54 Å². The van der Waals surface area contributed by atoms with Gasteiger partial charge in [0.2, 0.25) is 0 Å². The SMILES string of the molecule is CCNC(=O)c1cnn2c(-c3cn(CC)nc3C)ccnc12. The molecule has 7 heteroatoms. The van der Waals surface area contributed by atoms with Crippen molar-refractivity contribution in [3.05, 3.63) is 35.9 Å². The molecule has 0 saturated heterocycles. The Morgan fingerprint density at radius 1 is 1.36 bits per heavy atom. The highest BCUT2D eigenvalue weighted by Gasteiger charge is 2.17. The van der Waals surface area contributed by atoms with Crippen molar-refractivity contribution in [2.24, 2.45) is 0 Å². The Labute approximate surface area is 128 Å². The van der Waals surface area contributed by atoms with Gasteiger partial charge in [0, 0.05) is 31.0 Å². The van der Waals surface area contributed by atoms with E-state index in [2.05, 4.69) is 20.5 Å². The minimum absolute atomic E-state index is 0.164. The summed E-state index contributed by atoms with van der Waals surface area (Å²) in [7, 11) is 0. The molecule has 1 amide bonds. The molecule has 22 heavy (non-hydrogen) atoms. The lowest BCUT2D eigenvalue weighted by Gasteiger charge is -2.04. The smallest absolute Gasteiger partial charge is 0.256 e. The maximum absolute atomic E-state index is 12.1. The number of hydrogen-bond acceptors (Lipinski definition) is 4. The first-order chi connectivity index (χ1) is 10.7. The number of carbonyl (C=O) groups is 1. The molecule has 0 saturated carbocycles. The predicted molar refractivity (Wildman–Crippen MR) is 82.6 cm³/mol. The second kappa shape index (κ2) is 5.59. The number of amides is 1. The fraction of sp³-hybridized carbons (Fsp3) is 0.333. The highest BCUT2D eigenvalue weighted by atomic mass is 16.1. The van der Waals surface area contributed by atoms with Gasteiger partial charge in [-0.1, -0.05) is 0 Å². The minimum atomic E-state index is -0.164. The molecule has 3 rings (SSSR count). The van der Waals surface area contributed by atoms with E-state index in [1.54, 1.807) is 16.9 Å². The van der Waals surface area contributed by atoms with Gasteiger partial charge in [-0.3, -0.25) is 9.48 Å². The molecular weight excluding hydrogens is 280 g/mol. The maximum Gasteiger partial charge on any atom is 0.256 e. The van der Waals surface area contributed by atoms with Crippen LogP contribution >= 0.6 is 0 Å². The van der Waals surface area contributed by atoms with E-state index < -0.39 is 0 Å². The van der Waals surface area contributed by atoms with Gasteiger partial charge < -0.3 is 5.32 Å². The van der Waals surface area contributed by atoms with E-state index in [0.29, 0.717) is 17.8 Å². The average Bonchev–Trinajstić information content (AvgIpc) is 3.10.